The summed E-state index contributed by atoms with van der Waals surface area (Å²) < 4.78 is 30.8. The molecular formula is C16H16N4O6S. The maximum atomic E-state index is 12.2. The zero-order chi connectivity index (χ0) is 19.6. The molecule has 1 aliphatic rings. The minimum absolute atomic E-state index is 0.0462. The molecule has 0 spiro atoms. The van der Waals surface area contributed by atoms with Gasteiger partial charge in [-0.25, -0.2) is 8.42 Å². The van der Waals surface area contributed by atoms with Crippen LogP contribution in [0.5, 0.6) is 0 Å². The minimum atomic E-state index is -3.74. The van der Waals surface area contributed by atoms with Crippen molar-refractivity contribution in [1.29, 1.82) is 0 Å². The maximum Gasteiger partial charge on any atom is 0.262 e. The van der Waals surface area contributed by atoms with E-state index in [9.17, 15) is 22.8 Å². The maximum absolute atomic E-state index is 12.2. The van der Waals surface area contributed by atoms with Crippen molar-refractivity contribution in [2.45, 2.75) is 6.92 Å². The molecule has 0 unspecified atom stereocenters. The van der Waals surface area contributed by atoms with Crippen molar-refractivity contribution < 1.29 is 27.3 Å². The number of hydrogen-bond donors (Lipinski definition) is 2. The lowest BCUT2D eigenvalue weighted by Gasteiger charge is -2.13. The molecule has 0 fully saturated rings. The van der Waals surface area contributed by atoms with Crippen molar-refractivity contribution in [3.05, 3.63) is 47.2 Å². The molecule has 1 aromatic heterocycles. The summed E-state index contributed by atoms with van der Waals surface area (Å²) in [4.78, 5) is 37.2. The summed E-state index contributed by atoms with van der Waals surface area (Å²) in [5, 5.41) is 5.89. The molecule has 0 saturated carbocycles. The van der Waals surface area contributed by atoms with Gasteiger partial charge in [0.2, 0.25) is 15.9 Å². The number of anilines is 1. The third-order valence-corrected chi connectivity index (χ3v) is 5.02. The Labute approximate surface area is 154 Å². The molecule has 1 aromatic carbocycles. The van der Waals surface area contributed by atoms with Crippen LogP contribution in [0.1, 0.15) is 26.5 Å². The van der Waals surface area contributed by atoms with Gasteiger partial charge < -0.3 is 9.84 Å². The molecule has 0 bridgehead atoms. The topological polar surface area (TPSA) is 139 Å². The summed E-state index contributed by atoms with van der Waals surface area (Å²) in [6.45, 7) is 0.931. The van der Waals surface area contributed by atoms with Crippen LogP contribution in [0.15, 0.2) is 34.9 Å². The van der Waals surface area contributed by atoms with Gasteiger partial charge in [0.05, 0.1) is 16.9 Å². The lowest BCUT2D eigenvalue weighted by atomic mass is 10.1. The molecule has 0 aliphatic carbocycles. The van der Waals surface area contributed by atoms with Gasteiger partial charge in [-0.2, -0.15) is 0 Å². The van der Waals surface area contributed by atoms with Gasteiger partial charge in [-0.1, -0.05) is 17.3 Å². The highest BCUT2D eigenvalue weighted by atomic mass is 32.2. The highest BCUT2D eigenvalue weighted by Gasteiger charge is 2.36. The lowest BCUT2D eigenvalue weighted by Crippen LogP contribution is -2.41. The molecule has 10 nitrogen and oxygen atoms in total. The largest absolute Gasteiger partial charge is 0.360 e. The Hall–Kier alpha value is -3.21. The Morgan fingerprint density at radius 1 is 1.19 bits per heavy atom. The van der Waals surface area contributed by atoms with E-state index >= 15 is 0 Å². The zero-order valence-corrected chi connectivity index (χ0v) is 15.1. The summed E-state index contributed by atoms with van der Waals surface area (Å²) in [6, 6.07) is 7.69. The molecule has 0 saturated heterocycles. The number of nitrogens with one attached hydrogen (secondary N) is 2. The van der Waals surface area contributed by atoms with Crippen LogP contribution in [0.3, 0.4) is 0 Å². The SMILES string of the molecule is Cc1cc(NS(=O)(=O)CCNC(=O)CN2C(=O)c3ccccc3C2=O)no1. The molecule has 2 heterocycles. The Bertz CT molecular complexity index is 978. The van der Waals surface area contributed by atoms with E-state index in [1.54, 1.807) is 19.1 Å². The summed E-state index contributed by atoms with van der Waals surface area (Å²) in [5.41, 5.74) is 0.481. The Morgan fingerprint density at radius 2 is 1.81 bits per heavy atom. The number of amides is 3. The van der Waals surface area contributed by atoms with E-state index in [0.29, 0.717) is 5.76 Å². The first-order chi connectivity index (χ1) is 12.8. The molecule has 3 amide bonds. The predicted octanol–water partition coefficient (Wildman–Crippen LogP) is 0.137. The van der Waals surface area contributed by atoms with Crippen LogP contribution in [-0.2, 0) is 14.8 Å². The molecule has 1 aliphatic heterocycles. The van der Waals surface area contributed by atoms with Gasteiger partial charge in [-0.15, -0.1) is 0 Å². The third-order valence-electron chi connectivity index (χ3n) is 3.76. The molecule has 27 heavy (non-hydrogen) atoms. The fraction of sp³-hybridized carbons (Fsp3) is 0.250. The van der Waals surface area contributed by atoms with Gasteiger partial charge in [0.15, 0.2) is 5.82 Å². The van der Waals surface area contributed by atoms with Crippen molar-refractivity contribution >= 4 is 33.6 Å². The van der Waals surface area contributed by atoms with Crippen molar-refractivity contribution in [2.24, 2.45) is 0 Å². The van der Waals surface area contributed by atoms with E-state index in [-0.39, 0.29) is 23.5 Å². The van der Waals surface area contributed by atoms with Crippen molar-refractivity contribution in [3.63, 3.8) is 0 Å². The second-order valence-electron chi connectivity index (χ2n) is 5.84. The number of aromatic nitrogens is 1. The molecular weight excluding hydrogens is 376 g/mol. The first-order valence-corrected chi connectivity index (χ1v) is 9.58. The molecule has 0 atom stereocenters. The quantitative estimate of drug-likeness (QED) is 0.639. The molecule has 11 heteroatoms. The number of nitrogens with zero attached hydrogens (tertiary/aromatic N) is 2. The second kappa shape index (κ2) is 7.19. The van der Waals surface area contributed by atoms with Crippen LogP contribution in [0.4, 0.5) is 5.82 Å². The summed E-state index contributed by atoms with van der Waals surface area (Å²) in [7, 11) is -3.74. The molecule has 142 valence electrons. The van der Waals surface area contributed by atoms with Crippen LogP contribution >= 0.6 is 0 Å². The molecule has 2 aromatic rings. The van der Waals surface area contributed by atoms with Crippen molar-refractivity contribution in [3.8, 4) is 0 Å². The van der Waals surface area contributed by atoms with Crippen LogP contribution in [0, 0.1) is 6.92 Å². The number of carbonyl (C=O) groups excluding carboxylic acids is 3. The highest BCUT2D eigenvalue weighted by Crippen LogP contribution is 2.21. The highest BCUT2D eigenvalue weighted by molar-refractivity contribution is 7.92. The van der Waals surface area contributed by atoms with Gasteiger partial charge in [-0.05, 0) is 19.1 Å². The number of benzene rings is 1. The first kappa shape index (κ1) is 18.6. The number of imide groups is 1. The zero-order valence-electron chi connectivity index (χ0n) is 14.3. The third kappa shape index (κ3) is 4.14. The van der Waals surface area contributed by atoms with Crippen molar-refractivity contribution in [1.82, 2.24) is 15.4 Å². The Balaban J connectivity index is 1.50. The Morgan fingerprint density at radius 3 is 2.37 bits per heavy atom. The van der Waals surface area contributed by atoms with E-state index in [1.807, 2.05) is 0 Å². The predicted molar refractivity (Wildman–Crippen MR) is 93.5 cm³/mol. The van der Waals surface area contributed by atoms with Crippen LogP contribution in [0.2, 0.25) is 0 Å². The normalized spacial score (nSPS) is 13.6. The minimum Gasteiger partial charge on any atom is -0.360 e. The number of rotatable bonds is 7. The first-order valence-electron chi connectivity index (χ1n) is 7.92. The second-order valence-corrected chi connectivity index (χ2v) is 7.68. The van der Waals surface area contributed by atoms with E-state index in [4.69, 9.17) is 4.52 Å². The fourth-order valence-corrected chi connectivity index (χ4v) is 3.42. The average molecular weight is 392 g/mol. The monoisotopic (exact) mass is 392 g/mol. The number of carbonyl (C=O) groups is 3. The number of aryl methyl sites for hydroxylation is 1. The molecule has 0 radical (unpaired) electrons. The lowest BCUT2D eigenvalue weighted by molar-refractivity contribution is -0.121. The van der Waals surface area contributed by atoms with Crippen LogP contribution < -0.4 is 10.0 Å². The summed E-state index contributed by atoms with van der Waals surface area (Å²) >= 11 is 0. The Kier molecular flexibility index (Phi) is 4.95. The standard InChI is InChI=1S/C16H16N4O6S/c1-10-8-13(18-26-10)19-27(24,25)7-6-17-14(21)9-20-15(22)11-4-2-3-5-12(11)16(20)23/h2-5,8H,6-7,9H2,1H3,(H,17,21)(H,18,19). The van der Waals surface area contributed by atoms with E-state index in [0.717, 1.165) is 4.90 Å². The van der Waals surface area contributed by atoms with Gasteiger partial charge in [0.1, 0.15) is 12.3 Å². The van der Waals surface area contributed by atoms with Crippen LogP contribution in [0.25, 0.3) is 0 Å². The van der Waals surface area contributed by atoms with Crippen LogP contribution in [-0.4, -0.2) is 55.0 Å². The van der Waals surface area contributed by atoms with E-state index in [2.05, 4.69) is 15.2 Å². The molecule has 3 rings (SSSR count). The number of sulfonamides is 1. The molecule has 2 N–H and O–H groups in total. The number of hydrogen-bond acceptors (Lipinski definition) is 7. The number of fused-ring (bicyclic) bond motifs is 1. The fourth-order valence-electron chi connectivity index (χ4n) is 2.53. The smallest absolute Gasteiger partial charge is 0.262 e. The van der Waals surface area contributed by atoms with E-state index < -0.39 is 40.0 Å². The van der Waals surface area contributed by atoms with Gasteiger partial charge >= 0.3 is 0 Å². The van der Waals surface area contributed by atoms with Gasteiger partial charge in [0, 0.05) is 12.6 Å². The van der Waals surface area contributed by atoms with Crippen molar-refractivity contribution in [2.75, 3.05) is 23.6 Å². The summed E-state index contributed by atoms with van der Waals surface area (Å²) in [6.07, 6.45) is 0. The van der Waals surface area contributed by atoms with Gasteiger partial charge in [0.25, 0.3) is 11.8 Å². The average Bonchev–Trinajstić information content (AvgIpc) is 3.11. The van der Waals surface area contributed by atoms with E-state index in [1.165, 1.54) is 18.2 Å². The van der Waals surface area contributed by atoms with Gasteiger partial charge in [-0.3, -0.25) is 24.0 Å². The summed E-state index contributed by atoms with van der Waals surface area (Å²) in [5.74, 6) is -1.67.